The van der Waals surface area contributed by atoms with Crippen molar-refractivity contribution in [2.24, 2.45) is 11.1 Å². The van der Waals surface area contributed by atoms with Gasteiger partial charge in [-0.3, -0.25) is 4.79 Å². The lowest BCUT2D eigenvalue weighted by Crippen LogP contribution is -2.30. The highest BCUT2D eigenvalue weighted by atomic mass is 35.5. The van der Waals surface area contributed by atoms with Crippen molar-refractivity contribution in [2.75, 3.05) is 20.3 Å². The molecule has 0 heterocycles. The highest BCUT2D eigenvalue weighted by molar-refractivity contribution is 5.94. The molecule has 1 aromatic rings. The van der Waals surface area contributed by atoms with Gasteiger partial charge in [0.15, 0.2) is 0 Å². The summed E-state index contributed by atoms with van der Waals surface area (Å²) in [6, 6.07) is 7.44. The standard InChI is InChI=1S/C15H22N2O2.ClH/c1-19-9-8-15(6-7-15)11-17-14(18)13-4-2-12(10-16)3-5-13;/h2-5H,6-11,16H2,1H3,(H,17,18);1H. The van der Waals surface area contributed by atoms with Crippen LogP contribution in [-0.2, 0) is 11.3 Å². The fraction of sp³-hybridized carbons (Fsp3) is 0.533. The first-order valence-corrected chi connectivity index (χ1v) is 6.75. The van der Waals surface area contributed by atoms with Crippen LogP contribution >= 0.6 is 12.4 Å². The molecule has 1 amide bonds. The third-order valence-corrected chi connectivity index (χ3v) is 3.87. The van der Waals surface area contributed by atoms with E-state index >= 15 is 0 Å². The molecule has 1 aliphatic carbocycles. The van der Waals surface area contributed by atoms with Gasteiger partial charge >= 0.3 is 0 Å². The zero-order valence-electron chi connectivity index (χ0n) is 11.9. The van der Waals surface area contributed by atoms with Crippen molar-refractivity contribution in [3.05, 3.63) is 35.4 Å². The predicted molar refractivity (Wildman–Crippen MR) is 82.1 cm³/mol. The molecular formula is C15H23ClN2O2. The van der Waals surface area contributed by atoms with Gasteiger partial charge in [-0.05, 0) is 42.4 Å². The molecule has 4 nitrogen and oxygen atoms in total. The van der Waals surface area contributed by atoms with Crippen LogP contribution in [-0.4, -0.2) is 26.2 Å². The second-order valence-corrected chi connectivity index (χ2v) is 5.33. The molecule has 5 heteroatoms. The van der Waals surface area contributed by atoms with Crippen LogP contribution in [0, 0.1) is 5.41 Å². The summed E-state index contributed by atoms with van der Waals surface area (Å²) in [5.74, 6) is -0.00716. The summed E-state index contributed by atoms with van der Waals surface area (Å²) in [6.45, 7) is 2.01. The Kier molecular flexibility index (Phi) is 6.46. The van der Waals surface area contributed by atoms with Gasteiger partial charge in [0.05, 0.1) is 0 Å². The third-order valence-electron chi connectivity index (χ3n) is 3.87. The number of amides is 1. The highest BCUT2D eigenvalue weighted by Crippen LogP contribution is 2.48. The van der Waals surface area contributed by atoms with E-state index in [0.717, 1.165) is 25.1 Å². The number of carbonyl (C=O) groups is 1. The summed E-state index contributed by atoms with van der Waals surface area (Å²) in [7, 11) is 1.72. The van der Waals surface area contributed by atoms with Crippen molar-refractivity contribution in [1.82, 2.24) is 5.32 Å². The minimum atomic E-state index is -0.00716. The maximum atomic E-state index is 12.0. The average Bonchev–Trinajstić information content (AvgIpc) is 3.23. The maximum Gasteiger partial charge on any atom is 0.251 e. The monoisotopic (exact) mass is 298 g/mol. The van der Waals surface area contributed by atoms with Crippen LogP contribution in [0.1, 0.15) is 35.2 Å². The fourth-order valence-electron chi connectivity index (χ4n) is 2.17. The van der Waals surface area contributed by atoms with Crippen LogP contribution in [0.3, 0.4) is 0 Å². The molecule has 1 fully saturated rings. The molecule has 0 radical (unpaired) electrons. The molecular weight excluding hydrogens is 276 g/mol. The Morgan fingerprint density at radius 2 is 2.00 bits per heavy atom. The van der Waals surface area contributed by atoms with E-state index in [9.17, 15) is 4.79 Å². The summed E-state index contributed by atoms with van der Waals surface area (Å²) < 4.78 is 5.11. The van der Waals surface area contributed by atoms with Crippen molar-refractivity contribution in [3.63, 3.8) is 0 Å². The molecule has 0 atom stereocenters. The number of benzene rings is 1. The van der Waals surface area contributed by atoms with Crippen molar-refractivity contribution < 1.29 is 9.53 Å². The van der Waals surface area contributed by atoms with E-state index in [4.69, 9.17) is 10.5 Å². The van der Waals surface area contributed by atoms with Gasteiger partial charge in [-0.25, -0.2) is 0 Å². The molecule has 20 heavy (non-hydrogen) atoms. The number of nitrogens with one attached hydrogen (secondary N) is 1. The Hall–Kier alpha value is -1.10. The molecule has 0 saturated heterocycles. The van der Waals surface area contributed by atoms with E-state index < -0.39 is 0 Å². The molecule has 1 saturated carbocycles. The lowest BCUT2D eigenvalue weighted by Gasteiger charge is -2.15. The average molecular weight is 299 g/mol. The van der Waals surface area contributed by atoms with Crippen molar-refractivity contribution >= 4 is 18.3 Å². The normalized spacial score (nSPS) is 15.3. The number of hydrogen-bond acceptors (Lipinski definition) is 3. The van der Waals surface area contributed by atoms with Crippen LogP contribution < -0.4 is 11.1 Å². The number of ether oxygens (including phenoxy) is 1. The van der Waals surface area contributed by atoms with Crippen LogP contribution in [0.4, 0.5) is 0 Å². The van der Waals surface area contributed by atoms with E-state index in [1.165, 1.54) is 12.8 Å². The largest absolute Gasteiger partial charge is 0.385 e. The third kappa shape index (κ3) is 4.47. The first-order chi connectivity index (χ1) is 9.19. The van der Waals surface area contributed by atoms with Gasteiger partial charge in [-0.15, -0.1) is 12.4 Å². The Balaban J connectivity index is 0.00000200. The lowest BCUT2D eigenvalue weighted by molar-refractivity contribution is 0.0938. The van der Waals surface area contributed by atoms with Crippen LogP contribution in [0.15, 0.2) is 24.3 Å². The zero-order chi connectivity index (χ0) is 13.7. The van der Waals surface area contributed by atoms with Gasteiger partial charge in [0, 0.05) is 32.4 Å². The minimum absolute atomic E-state index is 0. The van der Waals surface area contributed by atoms with Crippen molar-refractivity contribution in [3.8, 4) is 0 Å². The predicted octanol–water partition coefficient (Wildman–Crippen LogP) is 2.11. The van der Waals surface area contributed by atoms with E-state index in [1.54, 1.807) is 7.11 Å². The number of hydrogen-bond donors (Lipinski definition) is 2. The topological polar surface area (TPSA) is 64.3 Å². The number of rotatable bonds is 7. The maximum absolute atomic E-state index is 12.0. The SMILES string of the molecule is COCCC1(CNC(=O)c2ccc(CN)cc2)CC1.Cl. The molecule has 0 bridgehead atoms. The molecule has 0 aliphatic heterocycles. The zero-order valence-corrected chi connectivity index (χ0v) is 12.7. The number of carbonyl (C=O) groups excluding carboxylic acids is 1. The summed E-state index contributed by atoms with van der Waals surface area (Å²) in [6.07, 6.45) is 3.39. The van der Waals surface area contributed by atoms with Crippen LogP contribution in [0.25, 0.3) is 0 Å². The summed E-state index contributed by atoms with van der Waals surface area (Å²) in [5.41, 5.74) is 7.55. The Morgan fingerprint density at radius 1 is 1.35 bits per heavy atom. The molecule has 3 N–H and O–H groups in total. The number of methoxy groups -OCH3 is 1. The highest BCUT2D eigenvalue weighted by Gasteiger charge is 2.42. The fourth-order valence-corrected chi connectivity index (χ4v) is 2.17. The van der Waals surface area contributed by atoms with Gasteiger partial charge in [-0.2, -0.15) is 0 Å². The van der Waals surface area contributed by atoms with Gasteiger partial charge < -0.3 is 15.8 Å². The van der Waals surface area contributed by atoms with Gasteiger partial charge in [-0.1, -0.05) is 12.1 Å². The second kappa shape index (κ2) is 7.62. The van der Waals surface area contributed by atoms with Crippen LogP contribution in [0.2, 0.25) is 0 Å². The number of halogens is 1. The van der Waals surface area contributed by atoms with Gasteiger partial charge in [0.1, 0.15) is 0 Å². The first-order valence-electron chi connectivity index (χ1n) is 6.75. The minimum Gasteiger partial charge on any atom is -0.385 e. The van der Waals surface area contributed by atoms with Crippen LogP contribution in [0.5, 0.6) is 0 Å². The quantitative estimate of drug-likeness (QED) is 0.810. The van der Waals surface area contributed by atoms with E-state index in [2.05, 4.69) is 5.32 Å². The van der Waals surface area contributed by atoms with E-state index in [-0.39, 0.29) is 23.7 Å². The molecule has 1 aromatic carbocycles. The Morgan fingerprint density at radius 3 is 2.50 bits per heavy atom. The van der Waals surface area contributed by atoms with E-state index in [0.29, 0.717) is 12.1 Å². The molecule has 0 spiro atoms. The van der Waals surface area contributed by atoms with Crippen molar-refractivity contribution in [2.45, 2.75) is 25.8 Å². The summed E-state index contributed by atoms with van der Waals surface area (Å²) in [5, 5.41) is 3.02. The Labute approximate surface area is 126 Å². The Bertz CT molecular complexity index is 430. The molecule has 112 valence electrons. The summed E-state index contributed by atoms with van der Waals surface area (Å²) >= 11 is 0. The van der Waals surface area contributed by atoms with Gasteiger partial charge in [0.25, 0.3) is 5.91 Å². The van der Waals surface area contributed by atoms with Crippen molar-refractivity contribution in [1.29, 1.82) is 0 Å². The number of nitrogens with two attached hydrogens (primary N) is 1. The second-order valence-electron chi connectivity index (χ2n) is 5.33. The first kappa shape index (κ1) is 17.0. The van der Waals surface area contributed by atoms with E-state index in [1.807, 2.05) is 24.3 Å². The molecule has 0 unspecified atom stereocenters. The molecule has 0 aromatic heterocycles. The van der Waals surface area contributed by atoms with Gasteiger partial charge in [0.2, 0.25) is 0 Å². The molecule has 2 rings (SSSR count). The summed E-state index contributed by atoms with van der Waals surface area (Å²) in [4.78, 5) is 12.0. The lowest BCUT2D eigenvalue weighted by atomic mass is 10.0. The smallest absolute Gasteiger partial charge is 0.251 e. The molecule has 1 aliphatic rings.